The van der Waals surface area contributed by atoms with Crippen LogP contribution in [0.3, 0.4) is 0 Å². The molecule has 1 atom stereocenters. The summed E-state index contributed by atoms with van der Waals surface area (Å²) in [5, 5.41) is 21.7. The second-order valence-electron chi connectivity index (χ2n) is 8.46. The number of hydrogen-bond acceptors (Lipinski definition) is 4. The monoisotopic (exact) mass is 404 g/mol. The Balaban J connectivity index is 1.78. The summed E-state index contributed by atoms with van der Waals surface area (Å²) in [5.74, 6) is 0.747. The number of rotatable bonds is 6. The standard InChI is InChI=1S/C21H25ClN2O4/c1-20(2,3)18(24-19(26)27)21(8-9-21)12-28-15-10-16(17(22)23-11-15)13-4-6-14(25)7-5-13/h4-7,10-11,18,24-25H,8-9,12H2,1-3H3,(H,26,27). The molecule has 3 rings (SSSR count). The van der Waals surface area contributed by atoms with Crippen molar-refractivity contribution in [2.24, 2.45) is 10.8 Å². The van der Waals surface area contributed by atoms with Gasteiger partial charge in [-0.25, -0.2) is 9.78 Å². The van der Waals surface area contributed by atoms with Gasteiger partial charge in [-0.05, 0) is 42.0 Å². The molecule has 0 spiro atoms. The van der Waals surface area contributed by atoms with Gasteiger partial charge in [0, 0.05) is 17.0 Å². The number of carboxylic acid groups (broad SMARTS) is 1. The fraction of sp³-hybridized carbons (Fsp3) is 0.429. The molecule has 150 valence electrons. The van der Waals surface area contributed by atoms with Crippen LogP contribution in [0.2, 0.25) is 5.15 Å². The van der Waals surface area contributed by atoms with E-state index in [1.54, 1.807) is 30.5 Å². The van der Waals surface area contributed by atoms with E-state index in [-0.39, 0.29) is 22.6 Å². The summed E-state index contributed by atoms with van der Waals surface area (Å²) in [4.78, 5) is 15.5. The molecule has 1 heterocycles. The lowest BCUT2D eigenvalue weighted by atomic mass is 9.77. The molecule has 7 heteroatoms. The van der Waals surface area contributed by atoms with Crippen LogP contribution < -0.4 is 10.1 Å². The number of halogens is 1. The molecule has 1 aliphatic rings. The highest BCUT2D eigenvalue weighted by Crippen LogP contribution is 2.53. The Labute approximate surface area is 169 Å². The molecule has 6 nitrogen and oxygen atoms in total. The molecule has 0 aliphatic heterocycles. The first kappa shape index (κ1) is 20.3. The van der Waals surface area contributed by atoms with Crippen LogP contribution in [-0.4, -0.2) is 33.9 Å². The van der Waals surface area contributed by atoms with E-state index in [0.29, 0.717) is 23.1 Å². The van der Waals surface area contributed by atoms with E-state index in [0.717, 1.165) is 18.4 Å². The van der Waals surface area contributed by atoms with Gasteiger partial charge in [-0.3, -0.25) is 0 Å². The fourth-order valence-corrected chi connectivity index (χ4v) is 3.88. The van der Waals surface area contributed by atoms with Gasteiger partial charge in [0.1, 0.15) is 16.7 Å². The SMILES string of the molecule is CC(C)(C)C(NC(=O)O)C1(COc2cnc(Cl)c(-c3ccc(O)cc3)c2)CC1. The van der Waals surface area contributed by atoms with Crippen molar-refractivity contribution in [3.05, 3.63) is 41.7 Å². The largest absolute Gasteiger partial charge is 0.508 e. The smallest absolute Gasteiger partial charge is 0.404 e. The molecule has 1 amide bonds. The molecule has 1 aromatic carbocycles. The summed E-state index contributed by atoms with van der Waals surface area (Å²) in [5.41, 5.74) is 1.07. The molecule has 2 aromatic rings. The summed E-state index contributed by atoms with van der Waals surface area (Å²) < 4.78 is 6.03. The van der Waals surface area contributed by atoms with Crippen molar-refractivity contribution in [1.29, 1.82) is 0 Å². The van der Waals surface area contributed by atoms with Gasteiger partial charge in [-0.1, -0.05) is 44.5 Å². The van der Waals surface area contributed by atoms with Gasteiger partial charge >= 0.3 is 6.09 Å². The number of aromatic hydroxyl groups is 1. The Morgan fingerprint density at radius 1 is 1.32 bits per heavy atom. The van der Waals surface area contributed by atoms with Crippen molar-refractivity contribution in [2.45, 2.75) is 39.7 Å². The summed E-state index contributed by atoms with van der Waals surface area (Å²) in [6.07, 6.45) is 2.36. The van der Waals surface area contributed by atoms with Crippen LogP contribution in [-0.2, 0) is 0 Å². The van der Waals surface area contributed by atoms with Gasteiger partial charge in [-0.15, -0.1) is 0 Å². The highest BCUT2D eigenvalue weighted by Gasteiger charge is 2.54. The van der Waals surface area contributed by atoms with E-state index in [9.17, 15) is 15.0 Å². The van der Waals surface area contributed by atoms with E-state index < -0.39 is 6.09 Å². The lowest BCUT2D eigenvalue weighted by molar-refractivity contribution is 0.111. The van der Waals surface area contributed by atoms with Crippen molar-refractivity contribution in [2.75, 3.05) is 6.61 Å². The Kier molecular flexibility index (Phi) is 5.44. The minimum Gasteiger partial charge on any atom is -0.508 e. The maximum absolute atomic E-state index is 11.3. The van der Waals surface area contributed by atoms with E-state index in [2.05, 4.69) is 10.3 Å². The van der Waals surface area contributed by atoms with Crippen molar-refractivity contribution < 1.29 is 19.7 Å². The first-order valence-electron chi connectivity index (χ1n) is 9.18. The van der Waals surface area contributed by atoms with Gasteiger partial charge in [-0.2, -0.15) is 0 Å². The molecule has 3 N–H and O–H groups in total. The molecule has 1 unspecified atom stereocenters. The maximum Gasteiger partial charge on any atom is 0.404 e. The quantitative estimate of drug-likeness (QED) is 0.592. The van der Waals surface area contributed by atoms with Crippen molar-refractivity contribution in [1.82, 2.24) is 10.3 Å². The first-order valence-corrected chi connectivity index (χ1v) is 9.56. The van der Waals surface area contributed by atoms with E-state index in [1.807, 2.05) is 26.8 Å². The van der Waals surface area contributed by atoms with Crippen molar-refractivity contribution in [3.8, 4) is 22.6 Å². The molecule has 1 saturated carbocycles. The molecule has 1 fully saturated rings. The van der Waals surface area contributed by atoms with E-state index >= 15 is 0 Å². The zero-order chi connectivity index (χ0) is 20.5. The molecule has 1 aromatic heterocycles. The highest BCUT2D eigenvalue weighted by atomic mass is 35.5. The van der Waals surface area contributed by atoms with Gasteiger partial charge in [0.25, 0.3) is 0 Å². The second-order valence-corrected chi connectivity index (χ2v) is 8.81. The Morgan fingerprint density at radius 2 is 1.96 bits per heavy atom. The number of phenolic OH excluding ortho intramolecular Hbond substituents is 1. The third-order valence-electron chi connectivity index (χ3n) is 5.16. The number of benzene rings is 1. The lowest BCUT2D eigenvalue weighted by Gasteiger charge is -2.37. The van der Waals surface area contributed by atoms with Gasteiger partial charge in [0.2, 0.25) is 0 Å². The Bertz CT molecular complexity index is 858. The second kappa shape index (κ2) is 7.51. The number of aromatic nitrogens is 1. The number of pyridine rings is 1. The number of phenols is 1. The average molecular weight is 405 g/mol. The van der Waals surface area contributed by atoms with Crippen LogP contribution in [0, 0.1) is 10.8 Å². The number of nitrogens with zero attached hydrogens (tertiary/aromatic N) is 1. The predicted octanol–water partition coefficient (Wildman–Crippen LogP) is 4.95. The summed E-state index contributed by atoms with van der Waals surface area (Å²) >= 11 is 6.24. The van der Waals surface area contributed by atoms with Crippen molar-refractivity contribution >= 4 is 17.7 Å². The molecule has 0 radical (unpaired) electrons. The van der Waals surface area contributed by atoms with Crippen LogP contribution in [0.25, 0.3) is 11.1 Å². The minimum absolute atomic E-state index is 0.176. The molecule has 0 saturated heterocycles. The van der Waals surface area contributed by atoms with E-state index in [1.165, 1.54) is 0 Å². The van der Waals surface area contributed by atoms with E-state index in [4.69, 9.17) is 16.3 Å². The predicted molar refractivity (Wildman–Crippen MR) is 108 cm³/mol. The van der Waals surface area contributed by atoms with Crippen LogP contribution in [0.1, 0.15) is 33.6 Å². The summed E-state index contributed by atoms with van der Waals surface area (Å²) in [7, 11) is 0. The number of amides is 1. The Hall–Kier alpha value is -2.47. The highest BCUT2D eigenvalue weighted by molar-refractivity contribution is 6.32. The van der Waals surface area contributed by atoms with Crippen LogP contribution in [0.4, 0.5) is 4.79 Å². The molecule has 28 heavy (non-hydrogen) atoms. The number of carbonyl (C=O) groups is 1. The van der Waals surface area contributed by atoms with Gasteiger partial charge in [0.05, 0.1) is 12.8 Å². The van der Waals surface area contributed by atoms with Gasteiger partial charge in [0.15, 0.2) is 0 Å². The first-order chi connectivity index (χ1) is 13.1. The Morgan fingerprint density at radius 3 is 2.50 bits per heavy atom. The molecular weight excluding hydrogens is 380 g/mol. The summed E-state index contributed by atoms with van der Waals surface area (Å²) in [6.45, 7) is 6.48. The fourth-order valence-electron chi connectivity index (χ4n) is 3.67. The van der Waals surface area contributed by atoms with Crippen molar-refractivity contribution in [3.63, 3.8) is 0 Å². The van der Waals surface area contributed by atoms with Crippen LogP contribution in [0.5, 0.6) is 11.5 Å². The zero-order valence-corrected chi connectivity index (χ0v) is 17.0. The number of hydrogen-bond donors (Lipinski definition) is 3. The normalized spacial score (nSPS) is 16.3. The third kappa shape index (κ3) is 4.50. The zero-order valence-electron chi connectivity index (χ0n) is 16.2. The lowest BCUT2D eigenvalue weighted by Crippen LogP contribution is -2.51. The maximum atomic E-state index is 11.3. The van der Waals surface area contributed by atoms with Crippen LogP contribution in [0.15, 0.2) is 36.5 Å². The van der Waals surface area contributed by atoms with Gasteiger partial charge < -0.3 is 20.3 Å². The minimum atomic E-state index is -1.02. The average Bonchev–Trinajstić information content (AvgIpc) is 3.40. The third-order valence-corrected chi connectivity index (χ3v) is 5.46. The summed E-state index contributed by atoms with van der Waals surface area (Å²) in [6, 6.07) is 8.30. The molecule has 1 aliphatic carbocycles. The van der Waals surface area contributed by atoms with Crippen LogP contribution >= 0.6 is 11.6 Å². The number of nitrogens with one attached hydrogen (secondary N) is 1. The number of ether oxygens (including phenoxy) is 1. The molecular formula is C21H25ClN2O4. The molecule has 0 bridgehead atoms. The topological polar surface area (TPSA) is 91.7 Å².